The number of halogens is 1. The number of nitrogens with zero attached hydrogens (tertiary/aromatic N) is 4. The van der Waals surface area contributed by atoms with E-state index >= 15 is 0 Å². The summed E-state index contributed by atoms with van der Waals surface area (Å²) in [6, 6.07) is 14.9. The van der Waals surface area contributed by atoms with Crippen LogP contribution >= 0.6 is 22.9 Å². The molecule has 2 aromatic heterocycles. The van der Waals surface area contributed by atoms with Gasteiger partial charge >= 0.3 is 0 Å². The van der Waals surface area contributed by atoms with Crippen molar-refractivity contribution in [3.8, 4) is 0 Å². The van der Waals surface area contributed by atoms with Gasteiger partial charge in [-0.2, -0.15) is 0 Å². The molecule has 2 aromatic carbocycles. The lowest BCUT2D eigenvalue weighted by Crippen LogP contribution is -2.43. The van der Waals surface area contributed by atoms with Gasteiger partial charge in [0.1, 0.15) is 0 Å². The van der Waals surface area contributed by atoms with E-state index in [9.17, 15) is 9.59 Å². The normalized spacial score (nSPS) is 15.8. The van der Waals surface area contributed by atoms with Crippen molar-refractivity contribution in [2.75, 3.05) is 13.1 Å². The number of carbonyl (C=O) groups excluding carboxylic acids is 1. The highest BCUT2D eigenvalue weighted by molar-refractivity contribution is 7.07. The van der Waals surface area contributed by atoms with E-state index in [-0.39, 0.29) is 11.5 Å². The molecule has 1 aliphatic heterocycles. The first-order valence-corrected chi connectivity index (χ1v) is 13.1. The Labute approximate surface area is 218 Å². The Morgan fingerprint density at radius 3 is 2.53 bits per heavy atom. The Balaban J connectivity index is 1.75. The number of aryl methyl sites for hydroxylation is 1. The average Bonchev–Trinajstić information content (AvgIpc) is 3.35. The summed E-state index contributed by atoms with van der Waals surface area (Å²) in [5.41, 5.74) is 3.87. The average molecular weight is 519 g/mol. The molecule has 184 valence electrons. The molecule has 0 saturated heterocycles. The van der Waals surface area contributed by atoms with Gasteiger partial charge in [-0.1, -0.05) is 53.3 Å². The van der Waals surface area contributed by atoms with Crippen molar-refractivity contribution in [2.24, 2.45) is 12.0 Å². The van der Waals surface area contributed by atoms with Crippen LogP contribution in [-0.2, 0) is 11.8 Å². The first kappa shape index (κ1) is 24.3. The zero-order valence-electron chi connectivity index (χ0n) is 20.7. The maximum Gasteiger partial charge on any atom is 0.271 e. The predicted molar refractivity (Wildman–Crippen MR) is 146 cm³/mol. The van der Waals surface area contributed by atoms with Gasteiger partial charge in [0.2, 0.25) is 0 Å². The zero-order chi connectivity index (χ0) is 25.6. The summed E-state index contributed by atoms with van der Waals surface area (Å²) in [6.07, 6.45) is 3.95. The van der Waals surface area contributed by atoms with Gasteiger partial charge in [0.25, 0.3) is 11.5 Å². The first-order chi connectivity index (χ1) is 17.3. The lowest BCUT2D eigenvalue weighted by Gasteiger charge is -2.29. The van der Waals surface area contributed by atoms with Crippen LogP contribution in [-0.4, -0.2) is 33.0 Å². The Bertz CT molecular complexity index is 1690. The van der Waals surface area contributed by atoms with E-state index < -0.39 is 6.04 Å². The van der Waals surface area contributed by atoms with Crippen LogP contribution in [0, 0.1) is 0 Å². The molecule has 36 heavy (non-hydrogen) atoms. The number of hydrogen-bond acceptors (Lipinski definition) is 4. The summed E-state index contributed by atoms with van der Waals surface area (Å²) >= 11 is 7.52. The van der Waals surface area contributed by atoms with E-state index in [1.807, 2.05) is 64.4 Å². The van der Waals surface area contributed by atoms with Gasteiger partial charge < -0.3 is 9.47 Å². The third kappa shape index (κ3) is 4.02. The van der Waals surface area contributed by atoms with Crippen molar-refractivity contribution in [3.05, 3.63) is 102 Å². The Morgan fingerprint density at radius 2 is 1.83 bits per heavy atom. The molecule has 6 nitrogen and oxygen atoms in total. The van der Waals surface area contributed by atoms with Gasteiger partial charge in [0, 0.05) is 47.8 Å². The summed E-state index contributed by atoms with van der Waals surface area (Å²) in [5, 5.41) is 1.67. The number of rotatable bonds is 5. The number of allylic oxidation sites excluding steroid dienone is 1. The topological polar surface area (TPSA) is 59.6 Å². The molecule has 1 amide bonds. The maximum atomic E-state index is 13.9. The number of amides is 1. The van der Waals surface area contributed by atoms with Gasteiger partial charge in [-0.15, -0.1) is 0 Å². The quantitative estimate of drug-likeness (QED) is 0.396. The van der Waals surface area contributed by atoms with Crippen LogP contribution in [0.15, 0.2) is 75.8 Å². The second kappa shape index (κ2) is 9.56. The van der Waals surface area contributed by atoms with Crippen molar-refractivity contribution in [1.29, 1.82) is 0 Å². The second-order valence-electron chi connectivity index (χ2n) is 8.82. The minimum atomic E-state index is -0.582. The summed E-state index contributed by atoms with van der Waals surface area (Å²) in [7, 11) is 2.00. The van der Waals surface area contributed by atoms with E-state index in [0.29, 0.717) is 38.7 Å². The number of carbonyl (C=O) groups is 1. The molecule has 0 N–H and O–H groups in total. The highest BCUT2D eigenvalue weighted by Gasteiger charge is 2.34. The Kier molecular flexibility index (Phi) is 6.45. The number of thiazole rings is 1. The minimum absolute atomic E-state index is 0.107. The molecule has 0 unspecified atom stereocenters. The Morgan fingerprint density at radius 1 is 1.14 bits per heavy atom. The third-order valence-electron chi connectivity index (χ3n) is 6.70. The molecule has 1 atom stereocenters. The monoisotopic (exact) mass is 518 g/mol. The summed E-state index contributed by atoms with van der Waals surface area (Å²) in [5.74, 6) is -0.107. The van der Waals surface area contributed by atoms with Gasteiger partial charge in [-0.3, -0.25) is 14.2 Å². The molecular weight excluding hydrogens is 492 g/mol. The van der Waals surface area contributed by atoms with Crippen molar-refractivity contribution < 1.29 is 4.79 Å². The van der Waals surface area contributed by atoms with Crippen LogP contribution in [0.5, 0.6) is 0 Å². The maximum absolute atomic E-state index is 13.9. The second-order valence-corrected chi connectivity index (χ2v) is 10.3. The van der Waals surface area contributed by atoms with Crippen LogP contribution in [0.25, 0.3) is 17.0 Å². The van der Waals surface area contributed by atoms with Crippen LogP contribution < -0.4 is 14.9 Å². The molecular formula is C28H27ClN4O2S. The van der Waals surface area contributed by atoms with Crippen LogP contribution in [0.2, 0.25) is 5.02 Å². The van der Waals surface area contributed by atoms with E-state index in [1.54, 1.807) is 21.6 Å². The molecule has 0 saturated carbocycles. The summed E-state index contributed by atoms with van der Waals surface area (Å²) < 4.78 is 4.29. The van der Waals surface area contributed by atoms with Gasteiger partial charge in [-0.05, 0) is 50.6 Å². The zero-order valence-corrected chi connectivity index (χ0v) is 22.2. The molecule has 4 aromatic rings. The van der Waals surface area contributed by atoms with Gasteiger partial charge in [-0.25, -0.2) is 4.99 Å². The molecule has 8 heteroatoms. The van der Waals surface area contributed by atoms with Crippen LogP contribution in [0.3, 0.4) is 0 Å². The fourth-order valence-corrected chi connectivity index (χ4v) is 6.03. The van der Waals surface area contributed by atoms with Crippen LogP contribution in [0.1, 0.15) is 37.9 Å². The predicted octanol–water partition coefficient (Wildman–Crippen LogP) is 4.25. The minimum Gasteiger partial charge on any atom is -0.350 e. The number of benzene rings is 2. The van der Waals surface area contributed by atoms with E-state index in [2.05, 4.69) is 16.7 Å². The highest BCUT2D eigenvalue weighted by Crippen LogP contribution is 2.32. The molecule has 0 radical (unpaired) electrons. The SMILES string of the molecule is CCN(CC)C(=O)C1=C(C)N=c2s/c(=C/c3cn(C)c4ccccc34)c(=O)n2[C@@H]1c1ccc(Cl)cc1. The first-order valence-electron chi connectivity index (χ1n) is 11.9. The standard InChI is InChI=1S/C28H27ClN4O2S/c1-5-32(6-2)27(35)24-17(3)30-28-33(25(24)18-11-13-20(29)14-12-18)26(34)23(36-28)15-19-16-31(4)22-10-8-7-9-21(19)22/h7-16,25H,5-6H2,1-4H3/b23-15+/t25-/m1/s1. The van der Waals surface area contributed by atoms with Crippen LogP contribution in [0.4, 0.5) is 0 Å². The molecule has 5 rings (SSSR count). The van der Waals surface area contributed by atoms with Gasteiger partial charge in [0.05, 0.1) is 21.8 Å². The molecule has 3 heterocycles. The summed E-state index contributed by atoms with van der Waals surface area (Å²) in [4.78, 5) is 34.6. The number of hydrogen-bond donors (Lipinski definition) is 0. The highest BCUT2D eigenvalue weighted by atomic mass is 35.5. The van der Waals surface area contributed by atoms with Crippen molar-refractivity contribution in [2.45, 2.75) is 26.8 Å². The smallest absolute Gasteiger partial charge is 0.271 e. The van der Waals surface area contributed by atoms with Gasteiger partial charge in [0.15, 0.2) is 4.80 Å². The molecule has 0 fully saturated rings. The van der Waals surface area contributed by atoms with Crippen molar-refractivity contribution in [1.82, 2.24) is 14.0 Å². The fourth-order valence-electron chi connectivity index (χ4n) is 4.87. The number of para-hydroxylation sites is 1. The van der Waals surface area contributed by atoms with E-state index in [4.69, 9.17) is 16.6 Å². The van der Waals surface area contributed by atoms with Crippen molar-refractivity contribution >= 4 is 45.8 Å². The lowest BCUT2D eigenvalue weighted by atomic mass is 9.94. The molecule has 0 spiro atoms. The number of fused-ring (bicyclic) bond motifs is 2. The van der Waals surface area contributed by atoms with E-state index in [1.165, 1.54) is 11.3 Å². The van der Waals surface area contributed by atoms with E-state index in [0.717, 1.165) is 22.0 Å². The largest absolute Gasteiger partial charge is 0.350 e. The lowest BCUT2D eigenvalue weighted by molar-refractivity contribution is -0.127. The fraction of sp³-hybridized carbons (Fsp3) is 0.250. The third-order valence-corrected chi connectivity index (χ3v) is 7.94. The number of likely N-dealkylation sites (N-methyl/N-ethyl adjacent to an activating group) is 1. The summed E-state index contributed by atoms with van der Waals surface area (Å²) in [6.45, 7) is 6.90. The molecule has 0 aliphatic carbocycles. The molecule has 0 bridgehead atoms. The van der Waals surface area contributed by atoms with Crippen molar-refractivity contribution in [3.63, 3.8) is 0 Å². The number of aromatic nitrogens is 2. The Hall–Kier alpha value is -3.42. The molecule has 1 aliphatic rings.